The second kappa shape index (κ2) is 8.80. The lowest BCUT2D eigenvalue weighted by Gasteiger charge is -2.08. The monoisotopic (exact) mass is 479 g/mol. The molecule has 2 heterocycles. The molecule has 3 rings (SSSR count). The molecule has 8 nitrogen and oxygen atoms in total. The number of aromatic nitrogens is 3. The Hall–Kier alpha value is -2.69. The van der Waals surface area contributed by atoms with Crippen molar-refractivity contribution in [1.29, 1.82) is 0 Å². The largest absolute Gasteiger partial charge is 0.355 e. The van der Waals surface area contributed by atoms with Gasteiger partial charge in [-0.2, -0.15) is 0 Å². The molecule has 1 aromatic carbocycles. The molecule has 2 amide bonds. The standard InChI is InChI=1S/C18H18IN5O3/c19-14-7-2-1-6-13(14)17(26)21-12-16(25)20-9-5-11-24-18(27)23-10-4-3-8-15(23)22-24/h1-4,6-8,10H,5,9,11-12H2,(H,20,25)(H,21,26). The Morgan fingerprint density at radius 2 is 1.85 bits per heavy atom. The Morgan fingerprint density at radius 3 is 2.63 bits per heavy atom. The number of nitrogens with one attached hydrogen (secondary N) is 2. The number of carbonyl (C=O) groups is 2. The third kappa shape index (κ3) is 4.73. The van der Waals surface area contributed by atoms with Crippen molar-refractivity contribution in [2.75, 3.05) is 13.1 Å². The minimum atomic E-state index is -0.286. The third-order valence-electron chi connectivity index (χ3n) is 3.89. The van der Waals surface area contributed by atoms with Crippen molar-refractivity contribution in [3.63, 3.8) is 0 Å². The summed E-state index contributed by atoms with van der Waals surface area (Å²) in [6.45, 7) is 0.686. The number of rotatable bonds is 7. The summed E-state index contributed by atoms with van der Waals surface area (Å²) in [6.07, 6.45) is 2.22. The first-order valence-corrected chi connectivity index (χ1v) is 9.48. The van der Waals surface area contributed by atoms with Crippen molar-refractivity contribution in [2.24, 2.45) is 0 Å². The second-order valence-electron chi connectivity index (χ2n) is 5.80. The fraction of sp³-hybridized carbons (Fsp3) is 0.222. The molecular formula is C18H18IN5O3. The quantitative estimate of drug-likeness (QED) is 0.391. The molecule has 2 N–H and O–H groups in total. The van der Waals surface area contributed by atoms with Crippen molar-refractivity contribution < 1.29 is 9.59 Å². The van der Waals surface area contributed by atoms with Crippen LogP contribution in [0, 0.1) is 3.57 Å². The van der Waals surface area contributed by atoms with E-state index in [1.54, 1.807) is 30.5 Å². The van der Waals surface area contributed by atoms with Crippen molar-refractivity contribution >= 4 is 40.1 Å². The number of nitrogens with zero attached hydrogens (tertiary/aromatic N) is 3. The highest BCUT2D eigenvalue weighted by atomic mass is 127. The first-order chi connectivity index (χ1) is 13.1. The van der Waals surface area contributed by atoms with Crippen LogP contribution in [0.15, 0.2) is 53.5 Å². The molecule has 0 aliphatic heterocycles. The van der Waals surface area contributed by atoms with Gasteiger partial charge in [0.25, 0.3) is 5.91 Å². The van der Waals surface area contributed by atoms with Gasteiger partial charge in [-0.1, -0.05) is 18.2 Å². The van der Waals surface area contributed by atoms with Crippen molar-refractivity contribution in [3.05, 3.63) is 68.3 Å². The van der Waals surface area contributed by atoms with E-state index in [9.17, 15) is 14.4 Å². The van der Waals surface area contributed by atoms with Crippen molar-refractivity contribution in [1.82, 2.24) is 24.8 Å². The molecule has 0 aliphatic carbocycles. The summed E-state index contributed by atoms with van der Waals surface area (Å²) in [5.74, 6) is -0.567. The maximum Gasteiger partial charge on any atom is 0.350 e. The van der Waals surface area contributed by atoms with Gasteiger partial charge < -0.3 is 10.6 Å². The van der Waals surface area contributed by atoms with Crippen molar-refractivity contribution in [3.8, 4) is 0 Å². The minimum absolute atomic E-state index is 0.0991. The molecule has 0 unspecified atom stereocenters. The number of carbonyl (C=O) groups excluding carboxylic acids is 2. The van der Waals surface area contributed by atoms with E-state index in [4.69, 9.17) is 0 Å². The number of aryl methyl sites for hydroxylation is 1. The molecule has 0 fully saturated rings. The molecule has 0 atom stereocenters. The molecule has 0 saturated carbocycles. The van der Waals surface area contributed by atoms with Gasteiger partial charge in [-0.15, -0.1) is 5.10 Å². The first-order valence-electron chi connectivity index (χ1n) is 8.40. The number of hydrogen-bond donors (Lipinski definition) is 2. The lowest BCUT2D eigenvalue weighted by molar-refractivity contribution is -0.120. The van der Waals surface area contributed by atoms with Crippen LogP contribution in [-0.2, 0) is 11.3 Å². The minimum Gasteiger partial charge on any atom is -0.355 e. The Morgan fingerprint density at radius 1 is 1.07 bits per heavy atom. The maximum absolute atomic E-state index is 12.1. The third-order valence-corrected chi connectivity index (χ3v) is 4.83. The second-order valence-corrected chi connectivity index (χ2v) is 6.96. The Bertz CT molecular complexity index is 1030. The fourth-order valence-corrected chi connectivity index (χ4v) is 3.17. The van der Waals surface area contributed by atoms with Crippen LogP contribution in [0.2, 0.25) is 0 Å². The van der Waals surface area contributed by atoms with Gasteiger partial charge in [0.05, 0.1) is 12.1 Å². The van der Waals surface area contributed by atoms with Crippen LogP contribution < -0.4 is 16.3 Å². The molecule has 2 aromatic heterocycles. The van der Waals surface area contributed by atoms with Gasteiger partial charge in [-0.3, -0.25) is 14.0 Å². The summed E-state index contributed by atoms with van der Waals surface area (Å²) in [6, 6.07) is 12.5. The van der Waals surface area contributed by atoms with E-state index in [0.29, 0.717) is 30.7 Å². The summed E-state index contributed by atoms with van der Waals surface area (Å²) in [7, 11) is 0. The van der Waals surface area contributed by atoms with E-state index in [2.05, 4.69) is 38.3 Å². The van der Waals surface area contributed by atoms with Gasteiger partial charge in [0.1, 0.15) is 0 Å². The average molecular weight is 479 g/mol. The number of pyridine rings is 1. The molecular weight excluding hydrogens is 461 g/mol. The van der Waals surface area contributed by atoms with Crippen LogP contribution in [0.3, 0.4) is 0 Å². The fourth-order valence-electron chi connectivity index (χ4n) is 2.53. The van der Waals surface area contributed by atoms with Gasteiger partial charge in [0.2, 0.25) is 5.91 Å². The van der Waals surface area contributed by atoms with E-state index < -0.39 is 0 Å². The molecule has 0 saturated heterocycles. The van der Waals surface area contributed by atoms with Crippen LogP contribution in [0.4, 0.5) is 0 Å². The molecule has 3 aromatic rings. The summed E-state index contributed by atoms with van der Waals surface area (Å²) >= 11 is 2.08. The van der Waals surface area contributed by atoms with Gasteiger partial charge in [0, 0.05) is 22.9 Å². The van der Waals surface area contributed by atoms with Crippen LogP contribution in [0.25, 0.3) is 5.65 Å². The van der Waals surface area contributed by atoms with Crippen molar-refractivity contribution in [2.45, 2.75) is 13.0 Å². The predicted octanol–water partition coefficient (Wildman–Crippen LogP) is 1.04. The molecule has 0 bridgehead atoms. The summed E-state index contributed by atoms with van der Waals surface area (Å²) in [5.41, 5.74) is 0.920. The van der Waals surface area contributed by atoms with Crippen LogP contribution in [0.5, 0.6) is 0 Å². The topological polar surface area (TPSA) is 97.5 Å². The lowest BCUT2D eigenvalue weighted by Crippen LogP contribution is -2.37. The zero-order valence-corrected chi connectivity index (χ0v) is 16.5. The number of halogens is 1. The molecule has 0 aliphatic rings. The number of benzene rings is 1. The van der Waals surface area contributed by atoms with E-state index in [-0.39, 0.29) is 24.0 Å². The summed E-state index contributed by atoms with van der Waals surface area (Å²) in [4.78, 5) is 36.1. The van der Waals surface area contributed by atoms with Gasteiger partial charge in [-0.05, 0) is 53.3 Å². The average Bonchev–Trinajstić information content (AvgIpc) is 3.00. The Labute approximate surface area is 168 Å². The highest BCUT2D eigenvalue weighted by Gasteiger charge is 2.10. The number of amides is 2. The Balaban J connectivity index is 1.42. The lowest BCUT2D eigenvalue weighted by atomic mass is 10.2. The highest BCUT2D eigenvalue weighted by molar-refractivity contribution is 14.1. The van der Waals surface area contributed by atoms with E-state index >= 15 is 0 Å². The van der Waals surface area contributed by atoms with Crippen LogP contribution >= 0.6 is 22.6 Å². The molecule has 0 spiro atoms. The summed E-state index contributed by atoms with van der Waals surface area (Å²) < 4.78 is 3.67. The smallest absolute Gasteiger partial charge is 0.350 e. The normalized spacial score (nSPS) is 10.7. The highest BCUT2D eigenvalue weighted by Crippen LogP contribution is 2.10. The molecule has 140 valence electrons. The van der Waals surface area contributed by atoms with E-state index in [1.807, 2.05) is 18.2 Å². The SMILES string of the molecule is O=C(CNC(=O)c1ccccc1I)NCCCn1nc2ccccn2c1=O. The van der Waals surface area contributed by atoms with Crippen LogP contribution in [0.1, 0.15) is 16.8 Å². The first kappa shape index (κ1) is 19.1. The molecule has 27 heavy (non-hydrogen) atoms. The van der Waals surface area contributed by atoms with Gasteiger partial charge in [0.15, 0.2) is 5.65 Å². The predicted molar refractivity (Wildman–Crippen MR) is 109 cm³/mol. The maximum atomic E-state index is 12.1. The van der Waals surface area contributed by atoms with E-state index in [1.165, 1.54) is 9.08 Å². The zero-order valence-electron chi connectivity index (χ0n) is 14.4. The van der Waals surface area contributed by atoms with E-state index in [0.717, 1.165) is 3.57 Å². The summed E-state index contributed by atoms with van der Waals surface area (Å²) in [5, 5.41) is 9.55. The number of hydrogen-bond acceptors (Lipinski definition) is 4. The Kier molecular flexibility index (Phi) is 6.22. The molecule has 0 radical (unpaired) electrons. The van der Waals surface area contributed by atoms with Crippen LogP contribution in [-0.4, -0.2) is 39.1 Å². The van der Waals surface area contributed by atoms with Gasteiger partial charge in [-0.25, -0.2) is 9.48 Å². The van der Waals surface area contributed by atoms with Gasteiger partial charge >= 0.3 is 5.69 Å². The number of fused-ring (bicyclic) bond motifs is 1. The zero-order chi connectivity index (χ0) is 19.2. The molecule has 9 heteroatoms.